The van der Waals surface area contributed by atoms with Crippen LogP contribution in [-0.4, -0.2) is 55.8 Å². The topological polar surface area (TPSA) is 50.8 Å². The molecule has 0 aliphatic carbocycles. The molecule has 2 heterocycles. The number of carbonyl (C=O) groups is 1. The zero-order valence-electron chi connectivity index (χ0n) is 13.8. The van der Waals surface area contributed by atoms with Gasteiger partial charge in [-0.1, -0.05) is 25.1 Å². The number of hydrogen-bond donors (Lipinski definition) is 1. The number of para-hydroxylation sites is 1. The van der Waals surface area contributed by atoms with Gasteiger partial charge in [-0.3, -0.25) is 9.69 Å². The largest absolute Gasteiger partial charge is 0.487 e. The summed E-state index contributed by atoms with van der Waals surface area (Å²) in [6.45, 7) is 5.66. The third-order valence-electron chi connectivity index (χ3n) is 4.49. The lowest BCUT2D eigenvalue weighted by molar-refractivity contribution is -0.125. The highest BCUT2D eigenvalue weighted by molar-refractivity contribution is 5.78. The van der Waals surface area contributed by atoms with E-state index < -0.39 is 0 Å². The molecule has 3 rings (SSSR count). The van der Waals surface area contributed by atoms with Crippen molar-refractivity contribution < 1.29 is 14.3 Å². The van der Waals surface area contributed by atoms with E-state index in [9.17, 15) is 4.79 Å². The van der Waals surface area contributed by atoms with Crippen molar-refractivity contribution >= 4 is 5.91 Å². The van der Waals surface area contributed by atoms with Crippen molar-refractivity contribution in [3.8, 4) is 5.75 Å². The van der Waals surface area contributed by atoms with E-state index in [4.69, 9.17) is 9.47 Å². The number of likely N-dealkylation sites (tertiary alicyclic amines) is 1. The van der Waals surface area contributed by atoms with Gasteiger partial charge >= 0.3 is 0 Å². The van der Waals surface area contributed by atoms with Crippen molar-refractivity contribution in [2.45, 2.75) is 38.4 Å². The molecule has 5 heteroatoms. The summed E-state index contributed by atoms with van der Waals surface area (Å²) in [5.74, 6) is 1.05. The third kappa shape index (κ3) is 4.45. The van der Waals surface area contributed by atoms with Gasteiger partial charge in [-0.15, -0.1) is 0 Å². The van der Waals surface area contributed by atoms with Crippen LogP contribution in [0.25, 0.3) is 0 Å². The molecular weight excluding hydrogens is 292 g/mol. The second kappa shape index (κ2) is 7.79. The lowest BCUT2D eigenvalue weighted by atomic mass is 10.1. The molecule has 2 saturated heterocycles. The fourth-order valence-corrected chi connectivity index (χ4v) is 3.11. The summed E-state index contributed by atoms with van der Waals surface area (Å²) in [5, 5.41) is 2.96. The minimum absolute atomic E-state index is 0.0768. The number of carbonyl (C=O) groups excluding carboxylic acids is 1. The maximum Gasteiger partial charge on any atom is 0.234 e. The first-order valence-electron chi connectivity index (χ1n) is 8.60. The molecule has 0 aromatic heterocycles. The Morgan fingerprint density at radius 1 is 1.39 bits per heavy atom. The van der Waals surface area contributed by atoms with Crippen LogP contribution in [0.2, 0.25) is 0 Å². The number of nitrogens with zero attached hydrogens (tertiary/aromatic N) is 1. The molecule has 0 bridgehead atoms. The van der Waals surface area contributed by atoms with Crippen LogP contribution in [0.1, 0.15) is 25.3 Å². The molecule has 2 fully saturated rings. The molecule has 1 aromatic carbocycles. The zero-order valence-corrected chi connectivity index (χ0v) is 13.8. The Kier molecular flexibility index (Phi) is 5.51. The minimum atomic E-state index is 0.0768. The quantitative estimate of drug-likeness (QED) is 0.830. The summed E-state index contributed by atoms with van der Waals surface area (Å²) in [6, 6.07) is 8.17. The molecule has 1 atom stereocenters. The first-order chi connectivity index (χ1) is 11.2. The third-order valence-corrected chi connectivity index (χ3v) is 4.49. The molecule has 1 aromatic rings. The van der Waals surface area contributed by atoms with E-state index in [1.807, 2.05) is 18.2 Å². The van der Waals surface area contributed by atoms with Crippen LogP contribution < -0.4 is 10.1 Å². The van der Waals surface area contributed by atoms with Gasteiger partial charge in [0, 0.05) is 26.2 Å². The van der Waals surface area contributed by atoms with Crippen LogP contribution >= 0.6 is 0 Å². The molecule has 0 saturated carbocycles. The minimum Gasteiger partial charge on any atom is -0.487 e. The summed E-state index contributed by atoms with van der Waals surface area (Å²) >= 11 is 0. The van der Waals surface area contributed by atoms with Gasteiger partial charge in [0.05, 0.1) is 12.6 Å². The van der Waals surface area contributed by atoms with Gasteiger partial charge in [0.2, 0.25) is 5.91 Å². The fourth-order valence-electron chi connectivity index (χ4n) is 3.11. The van der Waals surface area contributed by atoms with Crippen LogP contribution in [0.5, 0.6) is 5.75 Å². The van der Waals surface area contributed by atoms with Gasteiger partial charge in [0.25, 0.3) is 0 Å². The lowest BCUT2D eigenvalue weighted by Gasteiger charge is -2.38. The fraction of sp³-hybridized carbons (Fsp3) is 0.611. The van der Waals surface area contributed by atoms with Crippen LogP contribution in [0.15, 0.2) is 24.3 Å². The summed E-state index contributed by atoms with van der Waals surface area (Å²) in [7, 11) is 0. The van der Waals surface area contributed by atoms with Crippen molar-refractivity contribution in [2.75, 3.05) is 32.8 Å². The molecule has 2 aliphatic rings. The Bertz CT molecular complexity index is 523. The van der Waals surface area contributed by atoms with Gasteiger partial charge in [0.1, 0.15) is 11.9 Å². The van der Waals surface area contributed by atoms with Crippen molar-refractivity contribution in [2.24, 2.45) is 0 Å². The van der Waals surface area contributed by atoms with E-state index in [-0.39, 0.29) is 18.1 Å². The molecular formula is C18H26N2O3. The molecule has 0 spiro atoms. The standard InChI is InChI=1S/C18H26N2O3/c1-2-14-6-3-4-8-17(14)23-16-11-20(12-16)13-18(21)19-10-15-7-5-9-22-15/h3-4,6,8,15-16H,2,5,7,9-13H2,1H3,(H,19,21). The predicted octanol–water partition coefficient (Wildman–Crippen LogP) is 1.61. The second-order valence-corrected chi connectivity index (χ2v) is 6.33. The van der Waals surface area contributed by atoms with Gasteiger partial charge in [-0.25, -0.2) is 0 Å². The maximum absolute atomic E-state index is 11.9. The average molecular weight is 318 g/mol. The SMILES string of the molecule is CCc1ccccc1OC1CN(CC(=O)NCC2CCCO2)C1. The Morgan fingerprint density at radius 3 is 2.96 bits per heavy atom. The van der Waals surface area contributed by atoms with Crippen molar-refractivity contribution in [1.29, 1.82) is 0 Å². The number of nitrogens with one attached hydrogen (secondary N) is 1. The van der Waals surface area contributed by atoms with Crippen molar-refractivity contribution in [1.82, 2.24) is 10.2 Å². The van der Waals surface area contributed by atoms with Crippen LogP contribution in [0.3, 0.4) is 0 Å². The number of rotatable bonds is 7. The van der Waals surface area contributed by atoms with E-state index in [2.05, 4.69) is 23.2 Å². The number of ether oxygens (including phenoxy) is 2. The molecule has 1 N–H and O–H groups in total. The molecule has 2 aliphatic heterocycles. The van der Waals surface area contributed by atoms with E-state index >= 15 is 0 Å². The van der Waals surface area contributed by atoms with Crippen LogP contribution in [-0.2, 0) is 16.0 Å². The number of amides is 1. The monoisotopic (exact) mass is 318 g/mol. The Balaban J connectivity index is 1.35. The number of hydrogen-bond acceptors (Lipinski definition) is 4. The van der Waals surface area contributed by atoms with Crippen molar-refractivity contribution in [3.63, 3.8) is 0 Å². The molecule has 1 amide bonds. The van der Waals surface area contributed by atoms with Gasteiger partial charge in [-0.05, 0) is 30.9 Å². The summed E-state index contributed by atoms with van der Waals surface area (Å²) in [6.07, 6.45) is 3.52. The van der Waals surface area contributed by atoms with Gasteiger partial charge in [0.15, 0.2) is 0 Å². The van der Waals surface area contributed by atoms with E-state index in [0.717, 1.165) is 44.7 Å². The molecule has 0 radical (unpaired) electrons. The van der Waals surface area contributed by atoms with E-state index in [1.165, 1.54) is 5.56 Å². The maximum atomic E-state index is 11.9. The van der Waals surface area contributed by atoms with Gasteiger partial charge < -0.3 is 14.8 Å². The second-order valence-electron chi connectivity index (χ2n) is 6.33. The molecule has 5 nitrogen and oxygen atoms in total. The number of benzene rings is 1. The summed E-state index contributed by atoms with van der Waals surface area (Å²) < 4.78 is 11.5. The van der Waals surface area contributed by atoms with Crippen molar-refractivity contribution in [3.05, 3.63) is 29.8 Å². The Morgan fingerprint density at radius 2 is 2.22 bits per heavy atom. The van der Waals surface area contributed by atoms with E-state index in [0.29, 0.717) is 13.1 Å². The smallest absolute Gasteiger partial charge is 0.234 e. The van der Waals surface area contributed by atoms with Gasteiger partial charge in [-0.2, -0.15) is 0 Å². The summed E-state index contributed by atoms with van der Waals surface area (Å²) in [5.41, 5.74) is 1.24. The zero-order chi connectivity index (χ0) is 16.1. The average Bonchev–Trinajstić information content (AvgIpc) is 3.04. The van der Waals surface area contributed by atoms with Crippen LogP contribution in [0.4, 0.5) is 0 Å². The highest BCUT2D eigenvalue weighted by Gasteiger charge is 2.30. The molecule has 126 valence electrons. The lowest BCUT2D eigenvalue weighted by Crippen LogP contribution is -2.56. The highest BCUT2D eigenvalue weighted by atomic mass is 16.5. The molecule has 23 heavy (non-hydrogen) atoms. The Hall–Kier alpha value is -1.59. The predicted molar refractivity (Wildman–Crippen MR) is 88.7 cm³/mol. The van der Waals surface area contributed by atoms with Crippen LogP contribution in [0, 0.1) is 0 Å². The Labute approximate surface area is 137 Å². The normalized spacial score (nSPS) is 21.9. The summed E-state index contributed by atoms with van der Waals surface area (Å²) in [4.78, 5) is 14.0. The number of aryl methyl sites for hydroxylation is 1. The highest BCUT2D eigenvalue weighted by Crippen LogP contribution is 2.22. The molecule has 1 unspecified atom stereocenters. The van der Waals surface area contributed by atoms with E-state index in [1.54, 1.807) is 0 Å². The first-order valence-corrected chi connectivity index (χ1v) is 8.60. The first kappa shape index (κ1) is 16.3.